The van der Waals surface area contributed by atoms with E-state index >= 15 is 0 Å². The molecule has 0 radical (unpaired) electrons. The molecule has 1 aromatic carbocycles. The van der Waals surface area contributed by atoms with Crippen molar-refractivity contribution in [3.63, 3.8) is 0 Å². The average molecular weight is 229 g/mol. The molecular weight excluding hydrogens is 224 g/mol. The highest BCUT2D eigenvalue weighted by molar-refractivity contribution is 7.18. The molecule has 0 fully saturated rings. The van der Waals surface area contributed by atoms with Gasteiger partial charge in [-0.05, 0) is 23.7 Å². The Morgan fingerprint density at radius 3 is 2.29 bits per heavy atom. The van der Waals surface area contributed by atoms with Gasteiger partial charge in [0.15, 0.2) is 5.01 Å². The van der Waals surface area contributed by atoms with Crippen molar-refractivity contribution in [2.24, 2.45) is 0 Å². The number of hydrogen-bond acceptors (Lipinski definition) is 5. The molecule has 0 atom stereocenters. The zero-order chi connectivity index (χ0) is 10.1. The van der Waals surface area contributed by atoms with Crippen LogP contribution in [0.5, 0.6) is 11.5 Å². The van der Waals surface area contributed by atoms with Crippen LogP contribution < -0.4 is 0 Å². The number of hydrogen-bond donors (Lipinski definition) is 2. The highest BCUT2D eigenvalue weighted by atomic mass is 35.5. The van der Waals surface area contributed by atoms with Gasteiger partial charge in [-0.3, -0.25) is 0 Å². The van der Waals surface area contributed by atoms with Gasteiger partial charge in [-0.25, -0.2) is 0 Å². The average Bonchev–Trinajstić information content (AvgIpc) is 2.51. The molecule has 2 N–H and O–H groups in total. The van der Waals surface area contributed by atoms with E-state index in [1.54, 1.807) is 0 Å². The molecule has 1 aromatic heterocycles. The van der Waals surface area contributed by atoms with Crippen LogP contribution in [0.3, 0.4) is 0 Å². The molecule has 6 heteroatoms. The zero-order valence-corrected chi connectivity index (χ0v) is 8.38. The third kappa shape index (κ3) is 1.51. The second-order valence-corrected chi connectivity index (χ2v) is 4.09. The Morgan fingerprint density at radius 2 is 1.79 bits per heavy atom. The van der Waals surface area contributed by atoms with Crippen LogP contribution in [-0.4, -0.2) is 20.4 Å². The van der Waals surface area contributed by atoms with E-state index in [0.717, 1.165) is 11.3 Å². The van der Waals surface area contributed by atoms with Gasteiger partial charge in [-0.2, -0.15) is 0 Å². The third-order valence-corrected chi connectivity index (χ3v) is 2.67. The van der Waals surface area contributed by atoms with Crippen molar-refractivity contribution in [1.82, 2.24) is 10.2 Å². The van der Waals surface area contributed by atoms with E-state index < -0.39 is 0 Å². The molecule has 0 unspecified atom stereocenters. The second-order valence-electron chi connectivity index (χ2n) is 2.53. The number of phenols is 2. The number of benzene rings is 1. The molecule has 0 aliphatic rings. The van der Waals surface area contributed by atoms with Crippen LogP contribution in [0.4, 0.5) is 0 Å². The van der Waals surface area contributed by atoms with Gasteiger partial charge in [0.25, 0.3) is 0 Å². The maximum Gasteiger partial charge on any atom is 0.207 e. The van der Waals surface area contributed by atoms with Crippen LogP contribution in [0, 0.1) is 0 Å². The predicted octanol–water partition coefficient (Wildman–Crippen LogP) is 2.27. The Bertz CT molecular complexity index is 452. The number of aromatic nitrogens is 2. The molecule has 1 heterocycles. The summed E-state index contributed by atoms with van der Waals surface area (Å²) < 4.78 is 0.266. The van der Waals surface area contributed by atoms with Crippen molar-refractivity contribution < 1.29 is 10.2 Å². The molecule has 0 amide bonds. The summed E-state index contributed by atoms with van der Waals surface area (Å²) in [6.07, 6.45) is 0. The quantitative estimate of drug-likeness (QED) is 0.786. The van der Waals surface area contributed by atoms with Crippen molar-refractivity contribution in [2.45, 2.75) is 0 Å². The van der Waals surface area contributed by atoms with Crippen LogP contribution in [0.2, 0.25) is 4.47 Å². The molecule has 0 spiro atoms. The van der Waals surface area contributed by atoms with Crippen molar-refractivity contribution in [3.05, 3.63) is 22.7 Å². The van der Waals surface area contributed by atoms with Crippen molar-refractivity contribution in [3.8, 4) is 22.1 Å². The van der Waals surface area contributed by atoms with Gasteiger partial charge in [0.05, 0.1) is 5.56 Å². The zero-order valence-electron chi connectivity index (χ0n) is 6.81. The lowest BCUT2D eigenvalue weighted by Gasteiger charge is -2.01. The molecule has 2 rings (SSSR count). The first-order chi connectivity index (χ1) is 6.68. The number of phenolic OH excluding ortho intramolecular Hbond substituents is 2. The van der Waals surface area contributed by atoms with E-state index in [4.69, 9.17) is 11.6 Å². The summed E-state index contributed by atoms with van der Waals surface area (Å²) in [5.74, 6) is -0.0874. The maximum absolute atomic E-state index is 9.49. The van der Waals surface area contributed by atoms with Crippen molar-refractivity contribution in [2.75, 3.05) is 0 Å². The number of rotatable bonds is 1. The van der Waals surface area contributed by atoms with E-state index in [1.807, 2.05) is 0 Å². The van der Waals surface area contributed by atoms with Gasteiger partial charge in [0.2, 0.25) is 4.47 Å². The monoisotopic (exact) mass is 228 g/mol. The molecular formula is C8H5ClN2O2S. The Labute approximate surface area is 88.4 Å². The molecule has 0 aliphatic heterocycles. The standard InChI is InChI=1S/C8H5ClN2O2S/c9-8-11-10-7(14-8)6-4(12)2-1-3-5(6)13/h1-3,12-13H. The van der Waals surface area contributed by atoms with Crippen LogP contribution in [0.1, 0.15) is 0 Å². The first kappa shape index (κ1) is 9.23. The van der Waals surface area contributed by atoms with E-state index in [-0.39, 0.29) is 21.5 Å². The number of nitrogens with zero attached hydrogens (tertiary/aromatic N) is 2. The first-order valence-electron chi connectivity index (χ1n) is 3.69. The minimum atomic E-state index is -0.0437. The van der Waals surface area contributed by atoms with Crippen LogP contribution in [0.15, 0.2) is 18.2 Å². The summed E-state index contributed by atoms with van der Waals surface area (Å²) in [5.41, 5.74) is 0.261. The molecule has 0 bridgehead atoms. The summed E-state index contributed by atoms with van der Waals surface area (Å²) in [7, 11) is 0. The van der Waals surface area contributed by atoms with Crippen molar-refractivity contribution >= 4 is 22.9 Å². The Morgan fingerprint density at radius 1 is 1.14 bits per heavy atom. The Hall–Kier alpha value is -1.33. The van der Waals surface area contributed by atoms with Crippen LogP contribution in [-0.2, 0) is 0 Å². The summed E-state index contributed by atoms with van der Waals surface area (Å²) in [6.45, 7) is 0. The number of aromatic hydroxyl groups is 2. The third-order valence-electron chi connectivity index (χ3n) is 1.63. The lowest BCUT2D eigenvalue weighted by atomic mass is 10.2. The summed E-state index contributed by atoms with van der Waals surface area (Å²) in [4.78, 5) is 0. The maximum atomic E-state index is 9.49. The summed E-state index contributed by atoms with van der Waals surface area (Å²) in [6, 6.07) is 4.46. The predicted molar refractivity (Wildman–Crippen MR) is 53.7 cm³/mol. The van der Waals surface area contributed by atoms with Gasteiger partial charge in [0, 0.05) is 0 Å². The normalized spacial score (nSPS) is 10.4. The molecule has 0 saturated heterocycles. The van der Waals surface area contributed by atoms with Gasteiger partial charge in [-0.1, -0.05) is 17.4 Å². The van der Waals surface area contributed by atoms with E-state index in [9.17, 15) is 10.2 Å². The molecule has 14 heavy (non-hydrogen) atoms. The SMILES string of the molecule is Oc1cccc(O)c1-c1nnc(Cl)s1. The van der Waals surface area contributed by atoms with Crippen molar-refractivity contribution in [1.29, 1.82) is 0 Å². The van der Waals surface area contributed by atoms with Crippen LogP contribution >= 0.6 is 22.9 Å². The first-order valence-corrected chi connectivity index (χ1v) is 4.88. The fourth-order valence-electron chi connectivity index (χ4n) is 1.05. The minimum Gasteiger partial charge on any atom is -0.507 e. The molecule has 0 saturated carbocycles. The minimum absolute atomic E-state index is 0.0437. The van der Waals surface area contributed by atoms with Gasteiger partial charge < -0.3 is 10.2 Å². The highest BCUT2D eigenvalue weighted by Gasteiger charge is 2.13. The van der Waals surface area contributed by atoms with E-state index in [0.29, 0.717) is 5.01 Å². The second kappa shape index (κ2) is 3.43. The number of halogens is 1. The smallest absolute Gasteiger partial charge is 0.207 e. The largest absolute Gasteiger partial charge is 0.507 e. The molecule has 4 nitrogen and oxygen atoms in total. The van der Waals surface area contributed by atoms with Gasteiger partial charge >= 0.3 is 0 Å². The summed E-state index contributed by atoms with van der Waals surface area (Å²) in [5, 5.41) is 26.7. The topological polar surface area (TPSA) is 66.2 Å². The lowest BCUT2D eigenvalue weighted by molar-refractivity contribution is 0.454. The lowest BCUT2D eigenvalue weighted by Crippen LogP contribution is -1.79. The fraction of sp³-hybridized carbons (Fsp3) is 0. The molecule has 2 aromatic rings. The van der Waals surface area contributed by atoms with Gasteiger partial charge in [-0.15, -0.1) is 10.2 Å². The molecule has 0 aliphatic carbocycles. The summed E-state index contributed by atoms with van der Waals surface area (Å²) >= 11 is 6.69. The Kier molecular flexibility index (Phi) is 2.26. The fourth-order valence-corrected chi connectivity index (χ4v) is 1.94. The van der Waals surface area contributed by atoms with E-state index in [1.165, 1.54) is 18.2 Å². The Balaban J connectivity index is 2.61. The highest BCUT2D eigenvalue weighted by Crippen LogP contribution is 2.38. The van der Waals surface area contributed by atoms with Gasteiger partial charge in [0.1, 0.15) is 11.5 Å². The van der Waals surface area contributed by atoms with Crippen LogP contribution in [0.25, 0.3) is 10.6 Å². The molecule has 72 valence electrons. The van der Waals surface area contributed by atoms with E-state index in [2.05, 4.69) is 10.2 Å².